The Bertz CT molecular complexity index is 829. The smallest absolute Gasteiger partial charge is 0.253 e. The van der Waals surface area contributed by atoms with E-state index in [1.54, 1.807) is 19.0 Å². The number of hydrogen-bond acceptors (Lipinski definition) is 2. The molecule has 0 fully saturated rings. The molecule has 0 aromatic heterocycles. The summed E-state index contributed by atoms with van der Waals surface area (Å²) < 4.78 is 0. The molecular formula is C22H28N4O. The molecule has 0 saturated carbocycles. The zero-order chi connectivity index (χ0) is 19.2. The van der Waals surface area contributed by atoms with Gasteiger partial charge in [-0.1, -0.05) is 36.4 Å². The largest absolute Gasteiger partial charge is 0.356 e. The third-order valence-corrected chi connectivity index (χ3v) is 4.92. The minimum atomic E-state index is 0.0348. The van der Waals surface area contributed by atoms with E-state index in [2.05, 4.69) is 45.5 Å². The number of carbonyl (C=O) groups is 1. The highest BCUT2D eigenvalue weighted by Crippen LogP contribution is 2.18. The van der Waals surface area contributed by atoms with Crippen LogP contribution < -0.4 is 5.32 Å². The molecule has 5 nitrogen and oxygen atoms in total. The van der Waals surface area contributed by atoms with Gasteiger partial charge in [0.15, 0.2) is 5.96 Å². The normalized spacial score (nSPS) is 13.9. The summed E-state index contributed by atoms with van der Waals surface area (Å²) in [5.41, 5.74) is 4.69. The molecule has 27 heavy (non-hydrogen) atoms. The first-order chi connectivity index (χ1) is 13.1. The highest BCUT2D eigenvalue weighted by Gasteiger charge is 2.18. The summed E-state index contributed by atoms with van der Waals surface area (Å²) in [5.74, 6) is 0.970. The summed E-state index contributed by atoms with van der Waals surface area (Å²) in [6.07, 6.45) is 1.89. The van der Waals surface area contributed by atoms with Gasteiger partial charge in [-0.05, 0) is 41.7 Å². The highest BCUT2D eigenvalue weighted by molar-refractivity contribution is 5.94. The summed E-state index contributed by atoms with van der Waals surface area (Å²) in [4.78, 5) is 20.5. The van der Waals surface area contributed by atoms with Crippen molar-refractivity contribution < 1.29 is 4.79 Å². The lowest BCUT2D eigenvalue weighted by Crippen LogP contribution is -2.44. The second-order valence-corrected chi connectivity index (χ2v) is 7.06. The molecule has 3 rings (SSSR count). The molecule has 2 aromatic rings. The molecule has 1 heterocycles. The van der Waals surface area contributed by atoms with Gasteiger partial charge >= 0.3 is 0 Å². The lowest BCUT2D eigenvalue weighted by atomic mass is 10.0. The van der Waals surface area contributed by atoms with Crippen molar-refractivity contribution in [2.45, 2.75) is 19.4 Å². The molecule has 1 N–H and O–H groups in total. The number of nitrogens with one attached hydrogen (secondary N) is 1. The molecule has 0 aliphatic carbocycles. The maximum absolute atomic E-state index is 12.1. The van der Waals surface area contributed by atoms with E-state index in [4.69, 9.17) is 0 Å². The van der Waals surface area contributed by atoms with Crippen LogP contribution in [-0.4, -0.2) is 55.9 Å². The number of nitrogens with zero attached hydrogens (tertiary/aromatic N) is 3. The monoisotopic (exact) mass is 364 g/mol. The molecule has 0 bridgehead atoms. The maximum atomic E-state index is 12.1. The Morgan fingerprint density at radius 2 is 1.93 bits per heavy atom. The Labute approximate surface area is 161 Å². The van der Waals surface area contributed by atoms with Gasteiger partial charge in [-0.3, -0.25) is 9.79 Å². The molecule has 5 heteroatoms. The van der Waals surface area contributed by atoms with Crippen molar-refractivity contribution in [1.82, 2.24) is 15.1 Å². The van der Waals surface area contributed by atoms with E-state index in [9.17, 15) is 4.79 Å². The van der Waals surface area contributed by atoms with Crippen molar-refractivity contribution >= 4 is 11.9 Å². The Morgan fingerprint density at radius 3 is 2.67 bits per heavy atom. The quantitative estimate of drug-likeness (QED) is 0.670. The van der Waals surface area contributed by atoms with E-state index in [0.717, 1.165) is 49.6 Å². The van der Waals surface area contributed by atoms with Gasteiger partial charge in [-0.2, -0.15) is 0 Å². The van der Waals surface area contributed by atoms with E-state index in [1.807, 2.05) is 25.2 Å². The van der Waals surface area contributed by atoms with Gasteiger partial charge in [0.1, 0.15) is 0 Å². The molecular weight excluding hydrogens is 336 g/mol. The van der Waals surface area contributed by atoms with Crippen LogP contribution in [0.15, 0.2) is 53.5 Å². The first kappa shape index (κ1) is 19.0. The minimum absolute atomic E-state index is 0.0348. The van der Waals surface area contributed by atoms with Crippen molar-refractivity contribution in [3.8, 4) is 0 Å². The Kier molecular flexibility index (Phi) is 6.12. The van der Waals surface area contributed by atoms with Gasteiger partial charge in [0.25, 0.3) is 5.91 Å². The Balaban J connectivity index is 1.57. The highest BCUT2D eigenvalue weighted by atomic mass is 16.2. The zero-order valence-electron chi connectivity index (χ0n) is 16.4. The average Bonchev–Trinajstić information content (AvgIpc) is 2.70. The minimum Gasteiger partial charge on any atom is -0.356 e. The van der Waals surface area contributed by atoms with Crippen LogP contribution in [-0.2, 0) is 19.4 Å². The fourth-order valence-corrected chi connectivity index (χ4v) is 3.45. The molecule has 0 radical (unpaired) electrons. The van der Waals surface area contributed by atoms with Gasteiger partial charge in [0.2, 0.25) is 0 Å². The number of aliphatic imine (C=N–C) groups is 1. The molecule has 0 unspecified atom stereocenters. The van der Waals surface area contributed by atoms with E-state index >= 15 is 0 Å². The first-order valence-electron chi connectivity index (χ1n) is 9.41. The number of amides is 1. The van der Waals surface area contributed by atoms with Crippen LogP contribution in [0.25, 0.3) is 0 Å². The van der Waals surface area contributed by atoms with Crippen molar-refractivity contribution in [1.29, 1.82) is 0 Å². The van der Waals surface area contributed by atoms with Gasteiger partial charge < -0.3 is 15.1 Å². The maximum Gasteiger partial charge on any atom is 0.253 e. The van der Waals surface area contributed by atoms with Crippen LogP contribution >= 0.6 is 0 Å². The van der Waals surface area contributed by atoms with E-state index in [-0.39, 0.29) is 5.91 Å². The summed E-state index contributed by atoms with van der Waals surface area (Å²) in [6, 6.07) is 16.5. The van der Waals surface area contributed by atoms with Crippen LogP contribution in [0.5, 0.6) is 0 Å². The molecule has 0 spiro atoms. The molecule has 142 valence electrons. The fourth-order valence-electron chi connectivity index (χ4n) is 3.45. The molecule has 2 aromatic carbocycles. The second kappa shape index (κ2) is 8.71. The summed E-state index contributed by atoms with van der Waals surface area (Å²) in [6.45, 7) is 2.65. The fraction of sp³-hybridized carbons (Fsp3) is 0.364. The lowest BCUT2D eigenvalue weighted by Gasteiger charge is -2.31. The Hall–Kier alpha value is -2.82. The molecule has 1 aliphatic rings. The van der Waals surface area contributed by atoms with Crippen LogP contribution in [0.1, 0.15) is 27.0 Å². The van der Waals surface area contributed by atoms with Crippen molar-refractivity contribution in [3.63, 3.8) is 0 Å². The molecule has 1 aliphatic heterocycles. The van der Waals surface area contributed by atoms with Crippen LogP contribution in [0.2, 0.25) is 0 Å². The van der Waals surface area contributed by atoms with Crippen LogP contribution in [0, 0.1) is 0 Å². The number of fused-ring (bicyclic) bond motifs is 1. The second-order valence-electron chi connectivity index (χ2n) is 7.06. The standard InChI is InChI=1S/C22H28N4O/c1-23-22(26-14-12-18-8-4-5-9-20(18)16-26)24-13-11-17-7-6-10-19(15-17)21(27)25(2)3/h4-10,15H,11-14,16H2,1-3H3,(H,23,24). The number of benzene rings is 2. The van der Waals surface area contributed by atoms with E-state index in [1.165, 1.54) is 11.1 Å². The number of rotatable bonds is 4. The van der Waals surface area contributed by atoms with E-state index < -0.39 is 0 Å². The predicted octanol–water partition coefficient (Wildman–Crippen LogP) is 2.56. The third kappa shape index (κ3) is 4.67. The van der Waals surface area contributed by atoms with Crippen molar-refractivity contribution in [2.24, 2.45) is 4.99 Å². The van der Waals surface area contributed by atoms with Gasteiger partial charge in [-0.25, -0.2) is 0 Å². The molecule has 0 atom stereocenters. The lowest BCUT2D eigenvalue weighted by molar-refractivity contribution is 0.0827. The molecule has 1 amide bonds. The predicted molar refractivity (Wildman–Crippen MR) is 110 cm³/mol. The van der Waals surface area contributed by atoms with Gasteiger partial charge in [0.05, 0.1) is 0 Å². The van der Waals surface area contributed by atoms with Crippen molar-refractivity contribution in [3.05, 3.63) is 70.8 Å². The van der Waals surface area contributed by atoms with E-state index in [0.29, 0.717) is 0 Å². The number of guanidine groups is 1. The summed E-state index contributed by atoms with van der Waals surface area (Å²) in [7, 11) is 5.38. The third-order valence-electron chi connectivity index (χ3n) is 4.92. The average molecular weight is 364 g/mol. The first-order valence-corrected chi connectivity index (χ1v) is 9.41. The zero-order valence-corrected chi connectivity index (χ0v) is 16.4. The van der Waals surface area contributed by atoms with Crippen LogP contribution in [0.4, 0.5) is 0 Å². The molecule has 0 saturated heterocycles. The van der Waals surface area contributed by atoms with Crippen LogP contribution in [0.3, 0.4) is 0 Å². The number of hydrogen-bond donors (Lipinski definition) is 1. The summed E-state index contributed by atoms with van der Waals surface area (Å²) >= 11 is 0. The summed E-state index contributed by atoms with van der Waals surface area (Å²) in [5, 5.41) is 3.47. The van der Waals surface area contributed by atoms with Gasteiger partial charge in [0, 0.05) is 46.3 Å². The van der Waals surface area contributed by atoms with Gasteiger partial charge in [-0.15, -0.1) is 0 Å². The number of carbonyl (C=O) groups excluding carboxylic acids is 1. The van der Waals surface area contributed by atoms with Crippen molar-refractivity contribution in [2.75, 3.05) is 34.2 Å². The topological polar surface area (TPSA) is 47.9 Å². The SMILES string of the molecule is CN=C(NCCc1cccc(C(=O)N(C)C)c1)N1CCc2ccccc2C1. The Morgan fingerprint density at radius 1 is 1.15 bits per heavy atom.